The van der Waals surface area contributed by atoms with Crippen molar-refractivity contribution in [3.05, 3.63) is 34.1 Å². The third kappa shape index (κ3) is 2.12. The van der Waals surface area contributed by atoms with Crippen molar-refractivity contribution in [1.29, 1.82) is 0 Å². The van der Waals surface area contributed by atoms with E-state index in [1.165, 1.54) is 0 Å². The molecule has 0 bridgehead atoms. The molecule has 0 fully saturated rings. The molecule has 0 aliphatic carbocycles. The van der Waals surface area contributed by atoms with E-state index in [2.05, 4.69) is 10.2 Å². The molecule has 0 aliphatic heterocycles. The van der Waals surface area contributed by atoms with Crippen molar-refractivity contribution in [3.8, 4) is 11.5 Å². The summed E-state index contributed by atoms with van der Waals surface area (Å²) in [5.41, 5.74) is 0.664. The van der Waals surface area contributed by atoms with Crippen molar-refractivity contribution in [3.63, 3.8) is 0 Å². The molecule has 0 spiro atoms. The summed E-state index contributed by atoms with van der Waals surface area (Å²) in [5.74, 6) is 0.466. The molecule has 1 N–H and O–H groups in total. The van der Waals surface area contributed by atoms with E-state index in [4.69, 9.17) is 32.7 Å². The highest BCUT2D eigenvalue weighted by atomic mass is 35.5. The Bertz CT molecular complexity index is 485. The lowest BCUT2D eigenvalue weighted by molar-refractivity contribution is 0.241. The van der Waals surface area contributed by atoms with E-state index in [9.17, 15) is 0 Å². The highest BCUT2D eigenvalue weighted by Crippen LogP contribution is 2.27. The third-order valence-corrected chi connectivity index (χ3v) is 2.51. The summed E-state index contributed by atoms with van der Waals surface area (Å²) >= 11 is 11.6. The maximum absolute atomic E-state index is 8.75. The van der Waals surface area contributed by atoms with Gasteiger partial charge in [0.05, 0.1) is 10.0 Å². The molecule has 15 heavy (non-hydrogen) atoms. The predicted octanol–water partition coefficient (Wildman–Crippen LogP) is 2.54. The van der Waals surface area contributed by atoms with Crippen LogP contribution in [0.5, 0.6) is 0 Å². The first-order valence-corrected chi connectivity index (χ1v) is 4.85. The Kier molecular flexibility index (Phi) is 2.90. The Labute approximate surface area is 95.5 Å². The first kappa shape index (κ1) is 10.4. The first-order valence-electron chi connectivity index (χ1n) is 4.09. The van der Waals surface area contributed by atoms with Crippen molar-refractivity contribution in [1.82, 2.24) is 10.2 Å². The zero-order valence-corrected chi connectivity index (χ0v) is 8.96. The van der Waals surface area contributed by atoms with Crippen LogP contribution in [0.15, 0.2) is 22.6 Å². The largest absolute Gasteiger partial charge is 0.418 e. The molecule has 1 aromatic heterocycles. The Morgan fingerprint density at radius 1 is 1.20 bits per heavy atom. The van der Waals surface area contributed by atoms with E-state index in [-0.39, 0.29) is 12.5 Å². The quantitative estimate of drug-likeness (QED) is 0.883. The van der Waals surface area contributed by atoms with Gasteiger partial charge in [-0.25, -0.2) is 0 Å². The SMILES string of the molecule is OCc1nnc(-c2ccc(Cl)c(Cl)c2)o1. The number of benzene rings is 1. The van der Waals surface area contributed by atoms with E-state index in [1.54, 1.807) is 18.2 Å². The first-order chi connectivity index (χ1) is 7.20. The van der Waals surface area contributed by atoms with Crippen LogP contribution in [0.25, 0.3) is 11.5 Å². The van der Waals surface area contributed by atoms with Crippen LogP contribution < -0.4 is 0 Å². The van der Waals surface area contributed by atoms with Gasteiger partial charge in [0.1, 0.15) is 6.61 Å². The number of rotatable bonds is 2. The minimum Gasteiger partial charge on any atom is -0.418 e. The number of aliphatic hydroxyl groups excluding tert-OH is 1. The molecule has 6 heteroatoms. The zero-order valence-electron chi connectivity index (χ0n) is 7.44. The van der Waals surface area contributed by atoms with Crippen LogP contribution in [0.1, 0.15) is 5.89 Å². The van der Waals surface area contributed by atoms with Crippen molar-refractivity contribution < 1.29 is 9.52 Å². The normalized spacial score (nSPS) is 10.6. The van der Waals surface area contributed by atoms with Gasteiger partial charge in [-0.15, -0.1) is 10.2 Å². The molecule has 0 aliphatic rings. The smallest absolute Gasteiger partial charge is 0.247 e. The molecule has 0 saturated heterocycles. The minimum atomic E-state index is -0.283. The summed E-state index contributed by atoms with van der Waals surface area (Å²) in [4.78, 5) is 0. The summed E-state index contributed by atoms with van der Waals surface area (Å²) in [6.07, 6.45) is 0. The van der Waals surface area contributed by atoms with E-state index in [0.29, 0.717) is 21.5 Å². The molecule has 0 unspecified atom stereocenters. The van der Waals surface area contributed by atoms with E-state index in [0.717, 1.165) is 0 Å². The molecule has 0 amide bonds. The lowest BCUT2D eigenvalue weighted by Crippen LogP contribution is -1.79. The average molecular weight is 245 g/mol. The highest BCUT2D eigenvalue weighted by molar-refractivity contribution is 6.42. The monoisotopic (exact) mass is 244 g/mol. The molecule has 0 saturated carbocycles. The second kappa shape index (κ2) is 4.18. The molecule has 0 radical (unpaired) electrons. The van der Waals surface area contributed by atoms with Crippen LogP contribution in [0.4, 0.5) is 0 Å². The Balaban J connectivity index is 2.40. The fourth-order valence-electron chi connectivity index (χ4n) is 1.06. The van der Waals surface area contributed by atoms with Crippen molar-refractivity contribution in [2.75, 3.05) is 0 Å². The Hall–Kier alpha value is -1.10. The summed E-state index contributed by atoms with van der Waals surface area (Å²) in [6.45, 7) is -0.283. The van der Waals surface area contributed by atoms with E-state index < -0.39 is 0 Å². The van der Waals surface area contributed by atoms with Gasteiger partial charge in [-0.3, -0.25) is 0 Å². The molecule has 4 nitrogen and oxygen atoms in total. The Morgan fingerprint density at radius 2 is 2.00 bits per heavy atom. The summed E-state index contributed by atoms with van der Waals surface area (Å²) in [5, 5.41) is 17.0. The van der Waals surface area contributed by atoms with Crippen molar-refractivity contribution >= 4 is 23.2 Å². The van der Waals surface area contributed by atoms with Crippen LogP contribution in [-0.2, 0) is 6.61 Å². The van der Waals surface area contributed by atoms with Crippen molar-refractivity contribution in [2.45, 2.75) is 6.61 Å². The number of hydrogen-bond acceptors (Lipinski definition) is 4. The number of nitrogens with zero attached hydrogens (tertiary/aromatic N) is 2. The van der Waals surface area contributed by atoms with Crippen LogP contribution in [-0.4, -0.2) is 15.3 Å². The predicted molar refractivity (Wildman–Crippen MR) is 55.7 cm³/mol. The van der Waals surface area contributed by atoms with Gasteiger partial charge in [-0.05, 0) is 18.2 Å². The van der Waals surface area contributed by atoms with Crippen LogP contribution in [0.2, 0.25) is 10.0 Å². The molecular formula is C9H6Cl2N2O2. The molecule has 2 aromatic rings. The standard InChI is InChI=1S/C9H6Cl2N2O2/c10-6-2-1-5(3-7(6)11)9-13-12-8(4-14)15-9/h1-3,14H,4H2. The summed E-state index contributed by atoms with van der Waals surface area (Å²) in [7, 11) is 0. The fourth-order valence-corrected chi connectivity index (χ4v) is 1.36. The number of aromatic nitrogens is 2. The Morgan fingerprint density at radius 3 is 2.60 bits per heavy atom. The topological polar surface area (TPSA) is 59.2 Å². The maximum Gasteiger partial charge on any atom is 0.247 e. The molecule has 1 heterocycles. The lowest BCUT2D eigenvalue weighted by atomic mass is 10.2. The van der Waals surface area contributed by atoms with Gasteiger partial charge in [-0.1, -0.05) is 23.2 Å². The van der Waals surface area contributed by atoms with E-state index >= 15 is 0 Å². The minimum absolute atomic E-state index is 0.163. The van der Waals surface area contributed by atoms with Gasteiger partial charge in [0.15, 0.2) is 0 Å². The molecule has 1 aromatic carbocycles. The van der Waals surface area contributed by atoms with Gasteiger partial charge < -0.3 is 9.52 Å². The van der Waals surface area contributed by atoms with Gasteiger partial charge in [-0.2, -0.15) is 0 Å². The third-order valence-electron chi connectivity index (χ3n) is 1.77. The van der Waals surface area contributed by atoms with Gasteiger partial charge in [0, 0.05) is 5.56 Å². The number of halogens is 2. The van der Waals surface area contributed by atoms with E-state index in [1.807, 2.05) is 0 Å². The number of hydrogen-bond donors (Lipinski definition) is 1. The zero-order chi connectivity index (χ0) is 10.8. The van der Waals surface area contributed by atoms with Crippen molar-refractivity contribution in [2.24, 2.45) is 0 Å². The molecule has 2 rings (SSSR count). The van der Waals surface area contributed by atoms with Crippen LogP contribution in [0, 0.1) is 0 Å². The summed E-state index contributed by atoms with van der Waals surface area (Å²) < 4.78 is 5.14. The lowest BCUT2D eigenvalue weighted by Gasteiger charge is -1.97. The fraction of sp³-hybridized carbons (Fsp3) is 0.111. The molecule has 0 atom stereocenters. The van der Waals surface area contributed by atoms with Gasteiger partial charge in [0.25, 0.3) is 0 Å². The molecule has 78 valence electrons. The summed E-state index contributed by atoms with van der Waals surface area (Å²) in [6, 6.07) is 4.98. The van der Waals surface area contributed by atoms with Crippen LogP contribution in [0.3, 0.4) is 0 Å². The van der Waals surface area contributed by atoms with Gasteiger partial charge in [0.2, 0.25) is 11.8 Å². The number of aliphatic hydroxyl groups is 1. The second-order valence-corrected chi connectivity index (χ2v) is 3.60. The second-order valence-electron chi connectivity index (χ2n) is 2.79. The maximum atomic E-state index is 8.75. The highest BCUT2D eigenvalue weighted by Gasteiger charge is 2.09. The average Bonchev–Trinajstić information content (AvgIpc) is 2.70. The van der Waals surface area contributed by atoms with Gasteiger partial charge >= 0.3 is 0 Å². The molecular weight excluding hydrogens is 239 g/mol. The van der Waals surface area contributed by atoms with Crippen LogP contribution >= 0.6 is 23.2 Å².